The molecule has 8 aromatic rings. The molecule has 0 aliphatic rings. The highest BCUT2D eigenvalue weighted by Gasteiger charge is 2.25. The first-order chi connectivity index (χ1) is 32.3. The summed E-state index contributed by atoms with van der Waals surface area (Å²) >= 11 is 0. The number of nitrogens with zero attached hydrogens (tertiary/aromatic N) is 3. The van der Waals surface area contributed by atoms with Gasteiger partial charge in [-0.05, 0) is 133 Å². The summed E-state index contributed by atoms with van der Waals surface area (Å²) in [6, 6.07) is 32.4. The van der Waals surface area contributed by atoms with Gasteiger partial charge in [-0.15, -0.1) is 0 Å². The van der Waals surface area contributed by atoms with E-state index in [-0.39, 0.29) is 40.6 Å². The minimum atomic E-state index is -0.917. The number of hydrogen-bond donors (Lipinski definition) is 1. The summed E-state index contributed by atoms with van der Waals surface area (Å²) in [5.74, 6) is -0.858. The highest BCUT2D eigenvalue weighted by Crippen LogP contribution is 2.44. The molecule has 314 valence electrons. The van der Waals surface area contributed by atoms with Crippen LogP contribution in [0, 0.1) is 0 Å². The highest BCUT2D eigenvalue weighted by atomic mass is 16.3. The van der Waals surface area contributed by atoms with Gasteiger partial charge in [0.1, 0.15) is 11.6 Å². The van der Waals surface area contributed by atoms with Crippen LogP contribution in [0.5, 0.6) is 5.75 Å². The zero-order chi connectivity index (χ0) is 50.2. The van der Waals surface area contributed by atoms with Gasteiger partial charge < -0.3 is 5.11 Å². The Kier molecular flexibility index (Phi) is 9.36. The summed E-state index contributed by atoms with van der Waals surface area (Å²) in [5, 5.41) is 12.2. The number of fused-ring (bicyclic) bond motifs is 1. The predicted octanol–water partition coefficient (Wildman–Crippen LogP) is 16.3. The fourth-order valence-corrected chi connectivity index (χ4v) is 8.37. The third-order valence-corrected chi connectivity index (χ3v) is 11.9. The minimum Gasteiger partial charge on any atom is -0.507 e. The summed E-state index contributed by atoms with van der Waals surface area (Å²) < 4.78 is 62.5. The van der Waals surface area contributed by atoms with Crippen molar-refractivity contribution in [3.8, 4) is 67.5 Å². The molecule has 1 N–H and O–H groups in total. The van der Waals surface area contributed by atoms with Crippen molar-refractivity contribution in [3.05, 3.63) is 167 Å². The van der Waals surface area contributed by atoms with Crippen LogP contribution in [0.3, 0.4) is 0 Å². The number of rotatable bonds is 10. The molecule has 0 unspecified atom stereocenters. The number of pyridine rings is 1. The third kappa shape index (κ3) is 8.11. The van der Waals surface area contributed by atoms with Crippen molar-refractivity contribution in [2.24, 2.45) is 0 Å². The maximum absolute atomic E-state index is 12.2. The van der Waals surface area contributed by atoms with Gasteiger partial charge in [0, 0.05) is 25.8 Å². The second kappa shape index (κ2) is 16.9. The second-order valence-corrected chi connectivity index (χ2v) is 18.5. The lowest BCUT2D eigenvalue weighted by Crippen LogP contribution is -2.11. The van der Waals surface area contributed by atoms with Crippen molar-refractivity contribution in [1.82, 2.24) is 14.5 Å². The Morgan fingerprint density at radius 1 is 0.613 bits per heavy atom. The van der Waals surface area contributed by atoms with Crippen LogP contribution in [0.15, 0.2) is 140 Å². The third-order valence-electron chi connectivity index (χ3n) is 11.9. The summed E-state index contributed by atoms with van der Waals surface area (Å²) in [4.78, 5) is 10.3. The molecule has 0 aliphatic carbocycles. The number of phenols is 1. The van der Waals surface area contributed by atoms with E-state index >= 15 is 0 Å². The van der Waals surface area contributed by atoms with Gasteiger partial charge in [-0.25, -0.2) is 4.98 Å². The average molecular weight is 823 g/mol. The molecule has 62 heavy (non-hydrogen) atoms. The lowest BCUT2D eigenvalue weighted by atomic mass is 9.83. The largest absolute Gasteiger partial charge is 0.507 e. The summed E-state index contributed by atoms with van der Waals surface area (Å²) in [7, 11) is 0. The smallest absolute Gasteiger partial charge is 0.149 e. The van der Waals surface area contributed by atoms with Crippen molar-refractivity contribution < 1.29 is 14.7 Å². The molecule has 0 saturated carbocycles. The first kappa shape index (κ1) is 34.3. The fraction of sp³-hybridized carbons (Fsp3) is 0.276. The van der Waals surface area contributed by atoms with Crippen LogP contribution in [-0.4, -0.2) is 19.6 Å². The fourth-order valence-electron chi connectivity index (χ4n) is 8.37. The maximum Gasteiger partial charge on any atom is 0.149 e. The molecule has 8 rings (SSSR count). The molecule has 0 bridgehead atoms. The highest BCUT2D eigenvalue weighted by molar-refractivity contribution is 5.97. The van der Waals surface area contributed by atoms with Crippen molar-refractivity contribution >= 4 is 11.0 Å². The normalized spacial score (nSPS) is 14.0. The Morgan fingerprint density at radius 3 is 1.90 bits per heavy atom. The molecule has 0 fully saturated rings. The lowest BCUT2D eigenvalue weighted by molar-refractivity contribution is 0.466. The van der Waals surface area contributed by atoms with E-state index in [0.29, 0.717) is 22.6 Å². The number of aromatic hydroxyl groups is 1. The molecule has 2 aromatic heterocycles. The van der Waals surface area contributed by atoms with Gasteiger partial charge in [-0.2, -0.15) is 0 Å². The van der Waals surface area contributed by atoms with E-state index in [0.717, 1.165) is 72.4 Å². The number of benzene rings is 6. The molecule has 4 heteroatoms. The van der Waals surface area contributed by atoms with Crippen LogP contribution in [0.2, 0.25) is 0 Å². The SMILES string of the molecule is [2H]c1c([2H])c([2H])c(-c2ccnc(-c3cc(-c4cccc5c4nc(-c4cc(C(C)C)cc(C(C)C)c4O)n5-c4ccc(-c5c(C([2H])(C)C)cccc5C([2H])(C)C)cc4)cc(C(C)(C)C)c3)c2)c([2H])c1[2H]. The zero-order valence-corrected chi connectivity index (χ0v) is 37.8. The standard InChI is InChI=1S/C58H61N3O/c1-35(2)42-32-50(38(7)8)56(62)51(33-42)57-60-55-49(43-29-44(31-45(30-43)58(9,10)11)52-34-41(27-28-59-52)39-17-13-12-14-18-39)21-16-22-53(55)61(57)46-25-23-40(24-26-46)54-47(36(3)4)19-15-20-48(54)37(5)6/h12-38,62H,1-11H3/i12D,13D,14D,17D,18D,36D,37D. The molecule has 0 spiro atoms. The summed E-state index contributed by atoms with van der Waals surface area (Å²) in [6.45, 7) is 22.4. The van der Waals surface area contributed by atoms with Crippen molar-refractivity contribution in [1.29, 1.82) is 0 Å². The number of para-hydroxylation sites is 1. The molecular formula is C58H61N3O. The zero-order valence-electron chi connectivity index (χ0n) is 44.8. The van der Waals surface area contributed by atoms with Gasteiger partial charge >= 0.3 is 0 Å². The van der Waals surface area contributed by atoms with Crippen molar-refractivity contribution in [2.75, 3.05) is 0 Å². The van der Waals surface area contributed by atoms with E-state index in [2.05, 4.69) is 114 Å². The molecule has 0 saturated heterocycles. The molecule has 6 aromatic carbocycles. The van der Waals surface area contributed by atoms with E-state index in [1.54, 1.807) is 18.3 Å². The van der Waals surface area contributed by atoms with Crippen LogP contribution >= 0.6 is 0 Å². The minimum absolute atomic E-state index is 0.0399. The van der Waals surface area contributed by atoms with Crippen molar-refractivity contribution in [2.45, 2.75) is 105 Å². The Labute approximate surface area is 379 Å². The van der Waals surface area contributed by atoms with Crippen LogP contribution in [0.25, 0.3) is 72.7 Å². The second-order valence-electron chi connectivity index (χ2n) is 18.5. The molecule has 2 heterocycles. The Bertz CT molecular complexity index is 3230. The van der Waals surface area contributed by atoms with E-state index in [1.807, 2.05) is 58.0 Å². The summed E-state index contributed by atoms with van der Waals surface area (Å²) in [6.07, 6.45) is 1.61. The first-order valence-electron chi connectivity index (χ1n) is 25.1. The molecule has 0 atom stereocenters. The lowest BCUT2D eigenvalue weighted by Gasteiger charge is -2.22. The number of imidazole rings is 1. The van der Waals surface area contributed by atoms with E-state index in [4.69, 9.17) is 19.6 Å². The van der Waals surface area contributed by atoms with E-state index < -0.39 is 29.9 Å². The van der Waals surface area contributed by atoms with Gasteiger partial charge in [0.25, 0.3) is 0 Å². The van der Waals surface area contributed by atoms with Gasteiger partial charge in [0.2, 0.25) is 0 Å². The molecule has 0 aliphatic heterocycles. The Morgan fingerprint density at radius 2 is 1.27 bits per heavy atom. The van der Waals surface area contributed by atoms with Crippen molar-refractivity contribution in [3.63, 3.8) is 0 Å². The van der Waals surface area contributed by atoms with Gasteiger partial charge in [0.15, 0.2) is 0 Å². The molecular weight excluding hydrogens is 755 g/mol. The monoisotopic (exact) mass is 823 g/mol. The number of aromatic nitrogens is 3. The Balaban J connectivity index is 1.39. The Hall–Kier alpha value is -6.26. The van der Waals surface area contributed by atoms with Crippen LogP contribution in [0.4, 0.5) is 0 Å². The summed E-state index contributed by atoms with van der Waals surface area (Å²) in [5.41, 5.74) is 12.8. The number of phenolic OH excluding ortho intramolecular Hbond substituents is 1. The van der Waals surface area contributed by atoms with E-state index in [1.165, 1.54) is 0 Å². The maximum atomic E-state index is 12.2. The van der Waals surface area contributed by atoms with Crippen LogP contribution in [0.1, 0.15) is 137 Å². The van der Waals surface area contributed by atoms with Crippen LogP contribution < -0.4 is 0 Å². The topological polar surface area (TPSA) is 50.9 Å². The predicted molar refractivity (Wildman–Crippen MR) is 263 cm³/mol. The molecule has 0 amide bonds. The van der Waals surface area contributed by atoms with Gasteiger partial charge in [-0.1, -0.05) is 161 Å². The number of hydrogen-bond acceptors (Lipinski definition) is 3. The molecule has 4 nitrogen and oxygen atoms in total. The quantitative estimate of drug-likeness (QED) is 0.149. The van der Waals surface area contributed by atoms with Gasteiger partial charge in [0.05, 0.1) is 29.1 Å². The first-order valence-corrected chi connectivity index (χ1v) is 21.6. The van der Waals surface area contributed by atoms with Crippen LogP contribution in [-0.2, 0) is 5.41 Å². The molecule has 0 radical (unpaired) electrons. The average Bonchev–Trinajstić information content (AvgIpc) is 3.68. The van der Waals surface area contributed by atoms with E-state index in [9.17, 15) is 5.11 Å². The van der Waals surface area contributed by atoms with Gasteiger partial charge in [-0.3, -0.25) is 9.55 Å².